The predicted molar refractivity (Wildman–Crippen MR) is 103 cm³/mol. The van der Waals surface area contributed by atoms with Crippen molar-refractivity contribution in [2.75, 3.05) is 49.5 Å². The Morgan fingerprint density at radius 3 is 2.52 bits per heavy atom. The summed E-state index contributed by atoms with van der Waals surface area (Å²) < 4.78 is 14.2. The highest BCUT2D eigenvalue weighted by Gasteiger charge is 2.16. The first kappa shape index (κ1) is 16.3. The lowest BCUT2D eigenvalue weighted by Crippen LogP contribution is -2.47. The smallest absolute Gasteiger partial charge is 0.183 e. The molecule has 130 valence electrons. The summed E-state index contributed by atoms with van der Waals surface area (Å²) in [6.07, 6.45) is 0. The molecule has 1 fully saturated rings. The molecule has 2 aromatic carbocycles. The highest BCUT2D eigenvalue weighted by atomic mass is 32.1. The average Bonchev–Trinajstić information content (AvgIpc) is 3.06. The second-order valence-corrected chi connectivity index (χ2v) is 7.25. The number of nitrogens with zero attached hydrogens (tertiary/aromatic N) is 3. The summed E-state index contributed by atoms with van der Waals surface area (Å²) in [5.74, 6) is -0.177. The predicted octanol–water partition coefficient (Wildman–Crippen LogP) is 3.67. The van der Waals surface area contributed by atoms with Crippen LogP contribution in [-0.2, 0) is 0 Å². The number of fused-ring (bicyclic) bond motifs is 1. The van der Waals surface area contributed by atoms with E-state index in [1.165, 1.54) is 16.8 Å². The summed E-state index contributed by atoms with van der Waals surface area (Å²) in [4.78, 5) is 9.38. The van der Waals surface area contributed by atoms with Crippen LogP contribution < -0.4 is 10.2 Å². The molecule has 0 spiro atoms. The van der Waals surface area contributed by atoms with Crippen molar-refractivity contribution in [3.05, 3.63) is 54.3 Å². The molecule has 1 aliphatic heterocycles. The maximum absolute atomic E-state index is 13.0. The summed E-state index contributed by atoms with van der Waals surface area (Å²) in [7, 11) is 0. The molecule has 4 nitrogen and oxygen atoms in total. The minimum atomic E-state index is -0.177. The highest BCUT2D eigenvalue weighted by Crippen LogP contribution is 2.25. The van der Waals surface area contributed by atoms with Crippen LogP contribution in [0.1, 0.15) is 0 Å². The van der Waals surface area contributed by atoms with Crippen molar-refractivity contribution in [3.63, 3.8) is 0 Å². The standard InChI is InChI=1S/C19H21FN4S/c20-15-5-7-16(8-6-15)24-13-11-23(12-14-24)10-9-21-19-22-17-3-1-2-4-18(17)25-19/h1-8H,9-14H2,(H,21,22). The van der Waals surface area contributed by atoms with Gasteiger partial charge < -0.3 is 10.2 Å². The third-order valence-electron chi connectivity index (χ3n) is 4.56. The molecule has 6 heteroatoms. The van der Waals surface area contributed by atoms with E-state index in [1.54, 1.807) is 11.3 Å². The summed E-state index contributed by atoms with van der Waals surface area (Å²) in [6.45, 7) is 5.92. The van der Waals surface area contributed by atoms with Gasteiger partial charge in [-0.05, 0) is 36.4 Å². The molecule has 0 atom stereocenters. The summed E-state index contributed by atoms with van der Waals surface area (Å²) in [6, 6.07) is 15.0. The molecule has 1 aromatic heterocycles. The van der Waals surface area contributed by atoms with Crippen molar-refractivity contribution in [2.24, 2.45) is 0 Å². The Morgan fingerprint density at radius 1 is 1.00 bits per heavy atom. The van der Waals surface area contributed by atoms with Crippen LogP contribution in [0.5, 0.6) is 0 Å². The van der Waals surface area contributed by atoms with Crippen molar-refractivity contribution >= 4 is 32.4 Å². The molecule has 0 unspecified atom stereocenters. The van der Waals surface area contributed by atoms with Crippen LogP contribution in [0.4, 0.5) is 15.2 Å². The van der Waals surface area contributed by atoms with E-state index in [0.717, 1.165) is 55.6 Å². The molecule has 0 bridgehead atoms. The number of hydrogen-bond donors (Lipinski definition) is 1. The van der Waals surface area contributed by atoms with Crippen LogP contribution in [0.2, 0.25) is 0 Å². The molecular formula is C19H21FN4S. The van der Waals surface area contributed by atoms with Crippen molar-refractivity contribution in [3.8, 4) is 0 Å². The average molecular weight is 356 g/mol. The van der Waals surface area contributed by atoms with Crippen LogP contribution in [0.15, 0.2) is 48.5 Å². The fourth-order valence-electron chi connectivity index (χ4n) is 3.15. The van der Waals surface area contributed by atoms with Gasteiger partial charge in [0.15, 0.2) is 5.13 Å². The number of rotatable bonds is 5. The second-order valence-electron chi connectivity index (χ2n) is 6.22. The fraction of sp³-hybridized carbons (Fsp3) is 0.316. The van der Waals surface area contributed by atoms with Gasteiger partial charge in [0.2, 0.25) is 0 Å². The molecular weight excluding hydrogens is 335 g/mol. The number of anilines is 2. The number of piperazine rings is 1. The van der Waals surface area contributed by atoms with Gasteiger partial charge in [-0.25, -0.2) is 9.37 Å². The number of nitrogens with one attached hydrogen (secondary N) is 1. The van der Waals surface area contributed by atoms with Gasteiger partial charge in [0.25, 0.3) is 0 Å². The van der Waals surface area contributed by atoms with E-state index in [9.17, 15) is 4.39 Å². The number of para-hydroxylation sites is 1. The van der Waals surface area contributed by atoms with E-state index in [0.29, 0.717) is 0 Å². The Labute approximate surface area is 150 Å². The number of hydrogen-bond acceptors (Lipinski definition) is 5. The molecule has 25 heavy (non-hydrogen) atoms. The van der Waals surface area contributed by atoms with Crippen molar-refractivity contribution in [2.45, 2.75) is 0 Å². The quantitative estimate of drug-likeness (QED) is 0.756. The van der Waals surface area contributed by atoms with Crippen LogP contribution in [-0.4, -0.2) is 49.2 Å². The van der Waals surface area contributed by atoms with Gasteiger partial charge in [0, 0.05) is 45.0 Å². The van der Waals surface area contributed by atoms with Crippen molar-refractivity contribution in [1.82, 2.24) is 9.88 Å². The number of halogens is 1. The Kier molecular flexibility index (Phi) is 4.81. The third kappa shape index (κ3) is 3.91. The Morgan fingerprint density at radius 2 is 1.76 bits per heavy atom. The normalized spacial score (nSPS) is 15.6. The fourth-order valence-corrected chi connectivity index (χ4v) is 4.04. The van der Waals surface area contributed by atoms with E-state index in [1.807, 2.05) is 30.3 Å². The van der Waals surface area contributed by atoms with E-state index in [-0.39, 0.29) is 5.82 Å². The number of benzene rings is 2. The van der Waals surface area contributed by atoms with E-state index >= 15 is 0 Å². The van der Waals surface area contributed by atoms with Crippen LogP contribution in [0.25, 0.3) is 10.2 Å². The van der Waals surface area contributed by atoms with Crippen molar-refractivity contribution in [1.29, 1.82) is 0 Å². The Hall–Kier alpha value is -2.18. The topological polar surface area (TPSA) is 31.4 Å². The number of aromatic nitrogens is 1. The minimum absolute atomic E-state index is 0.177. The van der Waals surface area contributed by atoms with E-state index < -0.39 is 0 Å². The molecule has 3 aromatic rings. The first-order valence-corrected chi connectivity index (χ1v) is 9.42. The first-order chi connectivity index (χ1) is 12.3. The third-order valence-corrected chi connectivity index (χ3v) is 5.56. The Bertz CT molecular complexity index is 792. The zero-order valence-corrected chi connectivity index (χ0v) is 14.8. The monoisotopic (exact) mass is 356 g/mol. The molecule has 4 rings (SSSR count). The lowest BCUT2D eigenvalue weighted by molar-refractivity contribution is 0.267. The van der Waals surface area contributed by atoms with Gasteiger partial charge in [0.1, 0.15) is 5.82 Å². The summed E-state index contributed by atoms with van der Waals surface area (Å²) in [5, 5.41) is 4.43. The van der Waals surface area contributed by atoms with Crippen LogP contribution in [0.3, 0.4) is 0 Å². The largest absolute Gasteiger partial charge is 0.369 e. The molecule has 1 N–H and O–H groups in total. The van der Waals surface area contributed by atoms with Crippen molar-refractivity contribution < 1.29 is 4.39 Å². The molecule has 0 saturated carbocycles. The lowest BCUT2D eigenvalue weighted by Gasteiger charge is -2.36. The molecule has 1 aliphatic rings. The molecule has 1 saturated heterocycles. The van der Waals surface area contributed by atoms with E-state index in [2.05, 4.69) is 26.2 Å². The van der Waals surface area contributed by atoms with Crippen LogP contribution >= 0.6 is 11.3 Å². The summed E-state index contributed by atoms with van der Waals surface area (Å²) in [5.41, 5.74) is 2.16. The maximum atomic E-state index is 13.0. The Balaban J connectivity index is 1.24. The van der Waals surface area contributed by atoms with Gasteiger partial charge in [-0.1, -0.05) is 23.5 Å². The van der Waals surface area contributed by atoms with Gasteiger partial charge >= 0.3 is 0 Å². The zero-order valence-electron chi connectivity index (χ0n) is 14.0. The lowest BCUT2D eigenvalue weighted by atomic mass is 10.2. The molecule has 2 heterocycles. The second kappa shape index (κ2) is 7.37. The molecule has 0 aliphatic carbocycles. The minimum Gasteiger partial charge on any atom is -0.369 e. The van der Waals surface area contributed by atoms with Gasteiger partial charge in [0.05, 0.1) is 10.2 Å². The maximum Gasteiger partial charge on any atom is 0.183 e. The SMILES string of the molecule is Fc1ccc(N2CCN(CCNc3nc4ccccc4s3)CC2)cc1. The van der Waals surface area contributed by atoms with Gasteiger partial charge in [-0.15, -0.1) is 0 Å². The van der Waals surface area contributed by atoms with Gasteiger partial charge in [-0.3, -0.25) is 4.90 Å². The van der Waals surface area contributed by atoms with E-state index in [4.69, 9.17) is 0 Å². The first-order valence-electron chi connectivity index (χ1n) is 8.60. The van der Waals surface area contributed by atoms with Crippen LogP contribution in [0, 0.1) is 5.82 Å². The molecule has 0 radical (unpaired) electrons. The van der Waals surface area contributed by atoms with Gasteiger partial charge in [-0.2, -0.15) is 0 Å². The number of thiazole rings is 1. The summed E-state index contributed by atoms with van der Waals surface area (Å²) >= 11 is 1.70. The highest BCUT2D eigenvalue weighted by molar-refractivity contribution is 7.22. The molecule has 0 amide bonds. The zero-order chi connectivity index (χ0) is 17.1.